The van der Waals surface area contributed by atoms with Gasteiger partial charge in [0.15, 0.2) is 0 Å². The minimum Gasteiger partial charge on any atom is -0.309 e. The van der Waals surface area contributed by atoms with Gasteiger partial charge in [0, 0.05) is 43.7 Å². The van der Waals surface area contributed by atoms with E-state index in [1.165, 1.54) is 65.3 Å². The number of hydrogen-bond donors (Lipinski definition) is 0. The van der Waals surface area contributed by atoms with Crippen LogP contribution in [-0.2, 0) is 0 Å². The van der Waals surface area contributed by atoms with Gasteiger partial charge < -0.3 is 9.13 Å². The van der Waals surface area contributed by atoms with Crippen molar-refractivity contribution in [1.82, 2.24) is 14.1 Å². The van der Waals surface area contributed by atoms with Gasteiger partial charge in [-0.05, 0) is 81.9 Å². The second-order valence-electron chi connectivity index (χ2n) is 15.1. The Bertz CT molecular complexity index is 3560. The molecule has 3 heteroatoms. The summed E-state index contributed by atoms with van der Waals surface area (Å²) < 4.78 is 4.92. The number of benzene rings is 9. The molecular formula is C55H35N3. The maximum Gasteiger partial charge on any atom is 0.0721 e. The van der Waals surface area contributed by atoms with Gasteiger partial charge in [-0.3, -0.25) is 0 Å². The van der Waals surface area contributed by atoms with Gasteiger partial charge in [-0.25, -0.2) is 4.98 Å². The smallest absolute Gasteiger partial charge is 0.0721 e. The highest BCUT2D eigenvalue weighted by molar-refractivity contribution is 6.26. The van der Waals surface area contributed by atoms with Crippen molar-refractivity contribution in [3.8, 4) is 45.0 Å². The molecule has 0 saturated heterocycles. The second-order valence-corrected chi connectivity index (χ2v) is 15.1. The summed E-state index contributed by atoms with van der Waals surface area (Å²) in [6.07, 6.45) is 0. The van der Waals surface area contributed by atoms with E-state index < -0.39 is 0 Å². The largest absolute Gasteiger partial charge is 0.309 e. The van der Waals surface area contributed by atoms with E-state index in [9.17, 15) is 0 Å². The van der Waals surface area contributed by atoms with Crippen LogP contribution in [0, 0.1) is 0 Å². The summed E-state index contributed by atoms with van der Waals surface area (Å²) in [7, 11) is 0. The molecule has 0 aliphatic carbocycles. The molecule has 0 aliphatic heterocycles. The molecule has 0 spiro atoms. The minimum absolute atomic E-state index is 0.948. The van der Waals surface area contributed by atoms with Crippen LogP contribution in [0.25, 0.3) is 110 Å². The van der Waals surface area contributed by atoms with Crippen LogP contribution in [0.1, 0.15) is 0 Å². The molecule has 12 rings (SSSR count). The lowest BCUT2D eigenvalue weighted by Crippen LogP contribution is -1.97. The summed E-state index contributed by atoms with van der Waals surface area (Å²) in [5.41, 5.74) is 13.5. The third-order valence-corrected chi connectivity index (χ3v) is 11.9. The molecule has 270 valence electrons. The van der Waals surface area contributed by atoms with E-state index in [2.05, 4.69) is 221 Å². The maximum absolute atomic E-state index is 5.43. The Hall–Kier alpha value is -7.75. The fraction of sp³-hybridized carbons (Fsp3) is 0. The molecule has 58 heavy (non-hydrogen) atoms. The van der Waals surface area contributed by atoms with Crippen molar-refractivity contribution < 1.29 is 0 Å². The van der Waals surface area contributed by atoms with Crippen LogP contribution in [-0.4, -0.2) is 14.1 Å². The third-order valence-electron chi connectivity index (χ3n) is 11.9. The van der Waals surface area contributed by atoms with E-state index in [1.54, 1.807) is 0 Å². The lowest BCUT2D eigenvalue weighted by atomic mass is 9.96. The Morgan fingerprint density at radius 2 is 0.983 bits per heavy atom. The van der Waals surface area contributed by atoms with Gasteiger partial charge in [-0.2, -0.15) is 0 Å². The molecule has 0 unspecified atom stereocenters. The Morgan fingerprint density at radius 1 is 0.328 bits per heavy atom. The Kier molecular flexibility index (Phi) is 7.23. The number of rotatable bonds is 5. The molecular weight excluding hydrogens is 703 g/mol. The number of hydrogen-bond acceptors (Lipinski definition) is 1. The van der Waals surface area contributed by atoms with Crippen molar-refractivity contribution >= 4 is 65.2 Å². The van der Waals surface area contributed by atoms with Crippen LogP contribution in [0.3, 0.4) is 0 Å². The van der Waals surface area contributed by atoms with Gasteiger partial charge in [0.2, 0.25) is 0 Å². The first-order chi connectivity index (χ1) is 28.8. The van der Waals surface area contributed by atoms with Crippen LogP contribution in [0.15, 0.2) is 212 Å². The summed E-state index contributed by atoms with van der Waals surface area (Å²) in [5.74, 6) is 0. The quantitative estimate of drug-likeness (QED) is 0.172. The van der Waals surface area contributed by atoms with E-state index in [0.717, 1.165) is 44.8 Å². The van der Waals surface area contributed by atoms with Crippen LogP contribution in [0.2, 0.25) is 0 Å². The highest BCUT2D eigenvalue weighted by Gasteiger charge is 2.22. The molecule has 0 fully saturated rings. The molecule has 9 aromatic carbocycles. The van der Waals surface area contributed by atoms with Crippen molar-refractivity contribution in [2.75, 3.05) is 0 Å². The molecule has 0 saturated carbocycles. The molecule has 0 aliphatic rings. The molecule has 0 bridgehead atoms. The van der Waals surface area contributed by atoms with E-state index in [-0.39, 0.29) is 0 Å². The summed E-state index contributed by atoms with van der Waals surface area (Å²) in [5, 5.41) is 9.74. The molecule has 3 aromatic heterocycles. The van der Waals surface area contributed by atoms with Gasteiger partial charge in [-0.1, -0.05) is 158 Å². The fourth-order valence-electron chi connectivity index (χ4n) is 9.29. The van der Waals surface area contributed by atoms with E-state index in [4.69, 9.17) is 4.98 Å². The number of nitrogens with zero attached hydrogens (tertiary/aromatic N) is 3. The lowest BCUT2D eigenvalue weighted by molar-refractivity contribution is 1.18. The number of aromatic nitrogens is 3. The van der Waals surface area contributed by atoms with Crippen LogP contribution in [0.4, 0.5) is 0 Å². The van der Waals surface area contributed by atoms with Crippen molar-refractivity contribution in [3.05, 3.63) is 212 Å². The summed E-state index contributed by atoms with van der Waals surface area (Å²) in [4.78, 5) is 5.43. The van der Waals surface area contributed by atoms with Gasteiger partial charge >= 0.3 is 0 Å². The van der Waals surface area contributed by atoms with Crippen LogP contribution in [0.5, 0.6) is 0 Å². The normalized spacial score (nSPS) is 11.8. The lowest BCUT2D eigenvalue weighted by Gasteiger charge is -2.15. The first-order valence-corrected chi connectivity index (χ1v) is 19.9. The molecule has 3 heterocycles. The van der Waals surface area contributed by atoms with Gasteiger partial charge in [0.05, 0.1) is 39.1 Å². The van der Waals surface area contributed by atoms with E-state index >= 15 is 0 Å². The third kappa shape index (κ3) is 4.97. The first-order valence-electron chi connectivity index (χ1n) is 19.9. The first kappa shape index (κ1) is 32.5. The topological polar surface area (TPSA) is 22.8 Å². The average molecular weight is 738 g/mol. The molecule has 3 nitrogen and oxygen atoms in total. The van der Waals surface area contributed by atoms with Crippen molar-refractivity contribution in [1.29, 1.82) is 0 Å². The van der Waals surface area contributed by atoms with E-state index in [0.29, 0.717) is 0 Å². The number of pyridine rings is 1. The fourth-order valence-corrected chi connectivity index (χ4v) is 9.29. The summed E-state index contributed by atoms with van der Waals surface area (Å²) >= 11 is 0. The maximum atomic E-state index is 5.43. The minimum atomic E-state index is 0.948. The zero-order valence-corrected chi connectivity index (χ0v) is 31.5. The van der Waals surface area contributed by atoms with Gasteiger partial charge in [0.25, 0.3) is 0 Å². The SMILES string of the molecule is c1ccc(-c2cc(-c3ccc4ccccc4c3)nc(-c3cccc4c(-n5c6ccccc6c6c5ccc5c7ccccc7n(-c7ccccc7)c56)cccc34)c2)cc1. The van der Waals surface area contributed by atoms with E-state index in [1.807, 2.05) is 0 Å². The zero-order chi connectivity index (χ0) is 38.2. The standard InChI is InChI=1S/C55H35N3/c1-3-15-36(16-4-1)40-34-48(39-30-29-37-17-7-8-18-38(37)33-39)56-49(35-40)43-24-13-25-44-42(43)23-14-28-51(44)58-52-27-12-10-22-47(52)54-53(58)32-31-46-45-21-9-11-26-50(45)57(55(46)54)41-19-5-2-6-20-41/h1-35H. The van der Waals surface area contributed by atoms with Crippen LogP contribution < -0.4 is 0 Å². The summed E-state index contributed by atoms with van der Waals surface area (Å²) in [6, 6.07) is 76.8. The van der Waals surface area contributed by atoms with Crippen molar-refractivity contribution in [2.24, 2.45) is 0 Å². The predicted molar refractivity (Wildman–Crippen MR) is 244 cm³/mol. The Labute approximate surface area is 335 Å². The van der Waals surface area contributed by atoms with Crippen molar-refractivity contribution in [2.45, 2.75) is 0 Å². The van der Waals surface area contributed by atoms with Crippen LogP contribution >= 0.6 is 0 Å². The Morgan fingerprint density at radius 3 is 1.83 bits per heavy atom. The highest BCUT2D eigenvalue weighted by Crippen LogP contribution is 2.43. The monoisotopic (exact) mass is 737 g/mol. The highest BCUT2D eigenvalue weighted by atomic mass is 15.0. The van der Waals surface area contributed by atoms with Gasteiger partial charge in [-0.15, -0.1) is 0 Å². The number of fused-ring (bicyclic) bond motifs is 9. The molecule has 0 atom stereocenters. The zero-order valence-electron chi connectivity index (χ0n) is 31.5. The second kappa shape index (κ2) is 12.9. The number of para-hydroxylation sites is 3. The predicted octanol–water partition coefficient (Wildman–Crippen LogP) is 14.6. The van der Waals surface area contributed by atoms with Gasteiger partial charge in [0.1, 0.15) is 0 Å². The average Bonchev–Trinajstić information content (AvgIpc) is 3.82. The van der Waals surface area contributed by atoms with Crippen molar-refractivity contribution in [3.63, 3.8) is 0 Å². The summed E-state index contributed by atoms with van der Waals surface area (Å²) in [6.45, 7) is 0. The molecule has 0 amide bonds. The Balaban J connectivity index is 1.12. The molecule has 0 N–H and O–H groups in total. The molecule has 0 radical (unpaired) electrons. The molecule has 12 aromatic rings.